The lowest BCUT2D eigenvalue weighted by Gasteiger charge is -2.16. The second-order valence-electron chi connectivity index (χ2n) is 1.98. The maximum atomic E-state index is 8.69. The first-order valence-electron chi connectivity index (χ1n) is 3.15. The van der Waals surface area contributed by atoms with Crippen LogP contribution in [0.4, 0.5) is 0 Å². The zero-order valence-electron chi connectivity index (χ0n) is 6.37. The molecule has 0 fully saturated rings. The van der Waals surface area contributed by atoms with E-state index in [4.69, 9.17) is 26.2 Å². The highest BCUT2D eigenvalue weighted by atomic mass is 35.5. The average molecular weight is 169 g/mol. The van der Waals surface area contributed by atoms with Gasteiger partial charge in [-0.25, -0.2) is 0 Å². The van der Waals surface area contributed by atoms with Gasteiger partial charge in [0.15, 0.2) is 12.6 Å². The number of aliphatic hydroxyl groups is 1. The molecule has 0 saturated carbocycles. The largest absolute Gasteiger partial charge is 0.368 e. The predicted octanol–water partition coefficient (Wildman–Crippen LogP) is 1.29. The van der Waals surface area contributed by atoms with Gasteiger partial charge in [0.2, 0.25) is 0 Å². The van der Waals surface area contributed by atoms with Crippen LogP contribution in [-0.4, -0.2) is 23.2 Å². The zero-order valence-corrected chi connectivity index (χ0v) is 7.13. The van der Waals surface area contributed by atoms with Crippen molar-refractivity contribution in [2.75, 3.05) is 0 Å². The minimum Gasteiger partial charge on any atom is -0.368 e. The predicted molar refractivity (Wildman–Crippen MR) is 38.6 cm³/mol. The third-order valence-corrected chi connectivity index (χ3v) is 0.871. The van der Waals surface area contributed by atoms with Crippen LogP contribution < -0.4 is 0 Å². The first-order valence-corrected chi connectivity index (χ1v) is 3.59. The number of rotatable bonds is 4. The molecule has 0 saturated heterocycles. The molecule has 0 aliphatic rings. The fourth-order valence-electron chi connectivity index (χ4n) is 0.573. The maximum Gasteiger partial charge on any atom is 0.159 e. The summed E-state index contributed by atoms with van der Waals surface area (Å²) >= 11 is 5.47. The Kier molecular flexibility index (Phi) is 4.99. The third-order valence-electron chi connectivity index (χ3n) is 0.768. The number of hydrogen-bond donors (Lipinski definition) is 1. The number of hydrogen-bond acceptors (Lipinski definition) is 3. The lowest BCUT2D eigenvalue weighted by Crippen LogP contribution is -2.21. The van der Waals surface area contributed by atoms with Crippen molar-refractivity contribution in [3.8, 4) is 0 Å². The molecule has 0 bridgehead atoms. The van der Waals surface area contributed by atoms with Crippen molar-refractivity contribution in [1.82, 2.24) is 0 Å². The van der Waals surface area contributed by atoms with E-state index in [-0.39, 0.29) is 0 Å². The average Bonchev–Trinajstić information content (AvgIpc) is 1.58. The summed E-state index contributed by atoms with van der Waals surface area (Å²) in [6, 6.07) is 0. The van der Waals surface area contributed by atoms with Gasteiger partial charge in [0.05, 0.1) is 0 Å². The summed E-state index contributed by atoms with van der Waals surface area (Å²) < 4.78 is 9.75. The number of halogens is 1. The first-order chi connectivity index (χ1) is 4.52. The van der Waals surface area contributed by atoms with E-state index in [9.17, 15) is 0 Å². The zero-order chi connectivity index (χ0) is 8.15. The van der Waals surface area contributed by atoms with Crippen LogP contribution in [0.3, 0.4) is 0 Å². The van der Waals surface area contributed by atoms with Gasteiger partial charge in [0.1, 0.15) is 5.56 Å². The number of ether oxygens (including phenoxy) is 2. The molecular formula is C6H13ClO3. The Balaban J connectivity index is 3.34. The van der Waals surface area contributed by atoms with E-state index in [1.54, 1.807) is 13.8 Å². The van der Waals surface area contributed by atoms with Gasteiger partial charge in [-0.1, -0.05) is 11.6 Å². The van der Waals surface area contributed by atoms with Gasteiger partial charge in [0, 0.05) is 0 Å². The lowest BCUT2D eigenvalue weighted by atomic mass is 10.7. The molecule has 0 heterocycles. The Morgan fingerprint density at radius 3 is 2.00 bits per heavy atom. The molecular weight excluding hydrogens is 156 g/mol. The highest BCUT2D eigenvalue weighted by molar-refractivity contribution is 6.19. The fourth-order valence-corrected chi connectivity index (χ4v) is 0.718. The van der Waals surface area contributed by atoms with Crippen molar-refractivity contribution < 1.29 is 14.6 Å². The van der Waals surface area contributed by atoms with Crippen molar-refractivity contribution in [2.24, 2.45) is 0 Å². The maximum absolute atomic E-state index is 8.69. The molecule has 4 heteroatoms. The van der Waals surface area contributed by atoms with Crippen molar-refractivity contribution in [2.45, 2.75) is 38.9 Å². The van der Waals surface area contributed by atoms with Gasteiger partial charge in [-0.15, -0.1) is 0 Å². The first kappa shape index (κ1) is 10.2. The summed E-state index contributed by atoms with van der Waals surface area (Å²) in [5.74, 6) is 0. The van der Waals surface area contributed by atoms with Crippen LogP contribution in [0.15, 0.2) is 0 Å². The van der Waals surface area contributed by atoms with Crippen LogP contribution in [0.1, 0.15) is 20.8 Å². The van der Waals surface area contributed by atoms with Crippen LogP contribution in [0, 0.1) is 0 Å². The fraction of sp³-hybridized carbons (Fsp3) is 1.00. The summed E-state index contributed by atoms with van der Waals surface area (Å²) in [7, 11) is 0. The van der Waals surface area contributed by atoms with E-state index in [1.165, 1.54) is 6.92 Å². The molecule has 62 valence electrons. The van der Waals surface area contributed by atoms with Crippen LogP contribution >= 0.6 is 11.6 Å². The minimum absolute atomic E-state index is 0.395. The molecule has 3 unspecified atom stereocenters. The molecule has 0 spiro atoms. The SMILES string of the molecule is CC(O)OC(C)OC(C)Cl. The van der Waals surface area contributed by atoms with E-state index in [0.717, 1.165) is 0 Å². The van der Waals surface area contributed by atoms with Gasteiger partial charge in [-0.05, 0) is 20.8 Å². The van der Waals surface area contributed by atoms with E-state index in [1.807, 2.05) is 0 Å². The van der Waals surface area contributed by atoms with Gasteiger partial charge in [0.25, 0.3) is 0 Å². The molecule has 0 aromatic heterocycles. The molecule has 3 atom stereocenters. The Hall–Kier alpha value is 0.170. The van der Waals surface area contributed by atoms with Crippen molar-refractivity contribution in [3.05, 3.63) is 0 Å². The molecule has 0 aromatic carbocycles. The molecule has 0 amide bonds. The highest BCUT2D eigenvalue weighted by Gasteiger charge is 2.07. The summed E-state index contributed by atoms with van der Waals surface area (Å²) in [6.07, 6.45) is -1.28. The van der Waals surface area contributed by atoms with E-state index >= 15 is 0 Å². The van der Waals surface area contributed by atoms with Gasteiger partial charge in [-0.2, -0.15) is 0 Å². The van der Waals surface area contributed by atoms with Crippen LogP contribution in [0.2, 0.25) is 0 Å². The summed E-state index contributed by atoms with van der Waals surface area (Å²) in [4.78, 5) is 0. The van der Waals surface area contributed by atoms with Crippen LogP contribution in [0.25, 0.3) is 0 Å². The standard InChI is InChI=1S/C6H13ClO3/c1-4(7)9-6(3)10-5(2)8/h4-6,8H,1-3H3. The quantitative estimate of drug-likeness (QED) is 0.508. The molecule has 10 heavy (non-hydrogen) atoms. The van der Waals surface area contributed by atoms with Crippen molar-refractivity contribution >= 4 is 11.6 Å². The molecule has 0 aliphatic carbocycles. The Bertz CT molecular complexity index is 75.1. The Morgan fingerprint density at radius 1 is 1.20 bits per heavy atom. The van der Waals surface area contributed by atoms with E-state index in [0.29, 0.717) is 0 Å². The van der Waals surface area contributed by atoms with Gasteiger partial charge >= 0.3 is 0 Å². The smallest absolute Gasteiger partial charge is 0.159 e. The molecule has 3 nitrogen and oxygen atoms in total. The molecule has 0 aliphatic heterocycles. The lowest BCUT2D eigenvalue weighted by molar-refractivity contribution is -0.217. The normalized spacial score (nSPS) is 20.1. The Labute approximate surface area is 65.9 Å². The topological polar surface area (TPSA) is 38.7 Å². The van der Waals surface area contributed by atoms with E-state index < -0.39 is 18.1 Å². The van der Waals surface area contributed by atoms with Crippen molar-refractivity contribution in [3.63, 3.8) is 0 Å². The highest BCUT2D eigenvalue weighted by Crippen LogP contribution is 2.04. The van der Waals surface area contributed by atoms with Crippen molar-refractivity contribution in [1.29, 1.82) is 0 Å². The number of aliphatic hydroxyl groups excluding tert-OH is 1. The summed E-state index contributed by atoms with van der Waals surface area (Å²) in [6.45, 7) is 4.87. The molecule has 0 rings (SSSR count). The monoisotopic (exact) mass is 168 g/mol. The van der Waals surface area contributed by atoms with Crippen LogP contribution in [0.5, 0.6) is 0 Å². The molecule has 0 radical (unpaired) electrons. The third kappa shape index (κ3) is 6.29. The molecule has 0 aromatic rings. The summed E-state index contributed by atoms with van der Waals surface area (Å²) in [5, 5.41) is 8.69. The van der Waals surface area contributed by atoms with E-state index in [2.05, 4.69) is 0 Å². The summed E-state index contributed by atoms with van der Waals surface area (Å²) in [5.41, 5.74) is -0.395. The minimum atomic E-state index is -0.814. The Morgan fingerprint density at radius 2 is 1.70 bits per heavy atom. The van der Waals surface area contributed by atoms with Gasteiger partial charge in [-0.3, -0.25) is 0 Å². The van der Waals surface area contributed by atoms with Crippen LogP contribution in [-0.2, 0) is 9.47 Å². The number of alkyl halides is 1. The molecule has 1 N–H and O–H groups in total. The van der Waals surface area contributed by atoms with Gasteiger partial charge < -0.3 is 14.6 Å². The second kappa shape index (κ2) is 4.91. The second-order valence-corrected chi connectivity index (χ2v) is 2.60.